The average Bonchev–Trinajstić information content (AvgIpc) is 3.35. The molecule has 3 aliphatic rings. The molecular formula is C41H72N7O4+. The summed E-state index contributed by atoms with van der Waals surface area (Å²) in [6, 6.07) is 5.18. The van der Waals surface area contributed by atoms with Crippen LogP contribution < -0.4 is 31.4 Å². The van der Waals surface area contributed by atoms with E-state index in [1.165, 1.54) is 6.42 Å². The van der Waals surface area contributed by atoms with E-state index in [0.717, 1.165) is 42.2 Å². The van der Waals surface area contributed by atoms with Crippen molar-refractivity contribution in [1.29, 1.82) is 0 Å². The molecule has 0 saturated carbocycles. The molecule has 0 radical (unpaired) electrons. The molecule has 3 aliphatic heterocycles. The van der Waals surface area contributed by atoms with Gasteiger partial charge in [-0.2, -0.15) is 0 Å². The number of nitrogens with zero attached hydrogens (tertiary/aromatic N) is 2. The third-order valence-corrected chi connectivity index (χ3v) is 9.06. The second-order valence-corrected chi connectivity index (χ2v) is 13.5. The molecule has 3 heterocycles. The zero-order valence-corrected chi connectivity index (χ0v) is 33.5. The zero-order valence-electron chi connectivity index (χ0n) is 33.5. The predicted octanol–water partition coefficient (Wildman–Crippen LogP) is 4.71. The minimum Gasteiger partial charge on any atom is -0.492 e. The standard InChI is InChI=1S/C26H39N5O3.C9H14N2O.C3H8.C2H6.CH4/c1-6-9-20(27)30-19-14-28-21(7-2)31-15-18(23(32)26(19,31)5)29-24(33)16-10-8-11-17-22(16)34-13-12-25(17,3)4;1-5-6-7(2)11-8(3)9(12)10-4;1-3-2;1-2;/h7-8,10-11,18-19,23,28,32H,6,9,12-15H2,1-5H3,(H2,27,30)(H,29,33);5-6H,3H2,1-2,4H3,(H,10,12);3H2,1-2H3;1-2H3;1H4/p+1/b21-7-;6-5-,11-7?;;;. The van der Waals surface area contributed by atoms with E-state index in [1.54, 1.807) is 13.1 Å². The van der Waals surface area contributed by atoms with Crippen LogP contribution in [-0.2, 0) is 10.2 Å². The molecule has 294 valence electrons. The normalized spacial score (nSPS) is 23.7. The molecule has 1 aromatic carbocycles. The lowest BCUT2D eigenvalue weighted by atomic mass is 9.79. The summed E-state index contributed by atoms with van der Waals surface area (Å²) in [5.41, 5.74) is 8.11. The summed E-state index contributed by atoms with van der Waals surface area (Å²) < 4.78 is 5.96. The largest absolute Gasteiger partial charge is 0.492 e. The monoisotopic (exact) mass is 727 g/mol. The molecule has 11 nitrogen and oxygen atoms in total. The zero-order chi connectivity index (χ0) is 38.9. The molecule has 1 aromatic rings. The van der Waals surface area contributed by atoms with Crippen LogP contribution in [0.1, 0.15) is 125 Å². The van der Waals surface area contributed by atoms with Gasteiger partial charge < -0.3 is 30.7 Å². The Morgan fingerprint density at radius 2 is 1.85 bits per heavy atom. The molecule has 4 unspecified atom stereocenters. The number of para-hydroxylation sites is 1. The molecule has 2 saturated heterocycles. The van der Waals surface area contributed by atoms with Crippen LogP contribution in [0.5, 0.6) is 5.75 Å². The SMILES string of the molecule is C.C/C=C1/NCC([NH+]=C(N)CCC)C2(C)C(O)C(NC(=O)c3cccc4c3OCCC4(C)C)CN12.C=C(N=C(C)/C=C\C)C(=O)NC.CC.CCC. The first-order valence-electron chi connectivity index (χ1n) is 18.6. The number of amides is 2. The van der Waals surface area contributed by atoms with Gasteiger partial charge in [-0.25, -0.2) is 4.99 Å². The highest BCUT2D eigenvalue weighted by molar-refractivity contribution is 6.00. The van der Waals surface area contributed by atoms with Crippen molar-refractivity contribution in [3.63, 3.8) is 0 Å². The van der Waals surface area contributed by atoms with E-state index < -0.39 is 17.7 Å². The molecule has 0 bridgehead atoms. The highest BCUT2D eigenvalue weighted by Crippen LogP contribution is 2.41. The van der Waals surface area contributed by atoms with Crippen LogP contribution in [0, 0.1) is 0 Å². The molecule has 11 heteroatoms. The first-order chi connectivity index (χ1) is 24.2. The average molecular weight is 727 g/mol. The number of likely N-dealkylation sites (N-methyl/N-ethyl adjacent to an activating group) is 1. The van der Waals surface area contributed by atoms with Gasteiger partial charge in [0.15, 0.2) is 0 Å². The second kappa shape index (κ2) is 22.7. The van der Waals surface area contributed by atoms with Gasteiger partial charge in [-0.05, 0) is 64.2 Å². The Kier molecular flexibility index (Phi) is 20.9. The molecule has 52 heavy (non-hydrogen) atoms. The number of aliphatic hydroxyl groups excluding tert-OH is 1. The van der Waals surface area contributed by atoms with E-state index >= 15 is 0 Å². The fraction of sp³-hybridized carbons (Fsp3) is 0.610. The van der Waals surface area contributed by atoms with Crippen molar-refractivity contribution in [2.45, 2.75) is 138 Å². The predicted molar refractivity (Wildman–Crippen MR) is 218 cm³/mol. The number of amidine groups is 1. The van der Waals surface area contributed by atoms with Gasteiger partial charge in [0, 0.05) is 31.3 Å². The van der Waals surface area contributed by atoms with Crippen molar-refractivity contribution < 1.29 is 24.4 Å². The van der Waals surface area contributed by atoms with Gasteiger partial charge in [-0.3, -0.25) is 20.3 Å². The third kappa shape index (κ3) is 12.0. The number of hydrogen-bond donors (Lipinski definition) is 6. The van der Waals surface area contributed by atoms with Crippen molar-refractivity contribution >= 4 is 23.4 Å². The lowest BCUT2D eigenvalue weighted by Crippen LogP contribution is -2.92. The van der Waals surface area contributed by atoms with E-state index in [1.807, 2.05) is 71.9 Å². The minimum absolute atomic E-state index is 0. The van der Waals surface area contributed by atoms with Gasteiger partial charge in [-0.15, -0.1) is 0 Å². The Bertz CT molecular complexity index is 1430. The number of benzene rings is 1. The maximum absolute atomic E-state index is 13.4. The van der Waals surface area contributed by atoms with E-state index in [-0.39, 0.29) is 36.4 Å². The minimum atomic E-state index is -0.794. The number of hydrogen-bond acceptors (Lipinski definition) is 7. The number of nitrogens with two attached hydrogens (primary N) is 1. The Morgan fingerprint density at radius 3 is 2.40 bits per heavy atom. The van der Waals surface area contributed by atoms with Gasteiger partial charge in [-0.1, -0.05) is 87.1 Å². The lowest BCUT2D eigenvalue weighted by molar-refractivity contribution is -0.525. The number of aliphatic imine (C=N–C) groups is 1. The Labute approximate surface area is 315 Å². The van der Waals surface area contributed by atoms with E-state index in [9.17, 15) is 14.7 Å². The summed E-state index contributed by atoms with van der Waals surface area (Å²) in [5.74, 6) is 1.85. The van der Waals surface area contributed by atoms with E-state index in [0.29, 0.717) is 31.0 Å². The van der Waals surface area contributed by atoms with Crippen LogP contribution in [0.15, 0.2) is 59.5 Å². The number of nitrogens with one attached hydrogen (secondary N) is 4. The number of fused-ring (bicyclic) bond motifs is 2. The van der Waals surface area contributed by atoms with Gasteiger partial charge in [0.1, 0.15) is 29.1 Å². The van der Waals surface area contributed by atoms with Crippen LogP contribution in [0.3, 0.4) is 0 Å². The van der Waals surface area contributed by atoms with Crippen molar-refractivity contribution in [1.82, 2.24) is 20.9 Å². The number of allylic oxidation sites excluding steroid dienone is 3. The summed E-state index contributed by atoms with van der Waals surface area (Å²) in [6.07, 6.45) is 8.76. The van der Waals surface area contributed by atoms with Gasteiger partial charge >= 0.3 is 0 Å². The fourth-order valence-corrected chi connectivity index (χ4v) is 6.35. The summed E-state index contributed by atoms with van der Waals surface area (Å²) in [4.78, 5) is 33.9. The van der Waals surface area contributed by atoms with Crippen LogP contribution >= 0.6 is 0 Å². The Morgan fingerprint density at radius 1 is 1.21 bits per heavy atom. The quantitative estimate of drug-likeness (QED) is 0.129. The Balaban J connectivity index is 0.00000122. The fourth-order valence-electron chi connectivity index (χ4n) is 6.35. The molecular weight excluding hydrogens is 654 g/mol. The topological polar surface area (TPSA) is 155 Å². The molecule has 0 aromatic heterocycles. The molecule has 2 amide bonds. The highest BCUT2D eigenvalue weighted by atomic mass is 16.5. The molecule has 4 rings (SSSR count). The summed E-state index contributed by atoms with van der Waals surface area (Å²) >= 11 is 0. The molecule has 0 spiro atoms. The number of carbonyl (C=O) groups is 2. The molecule has 0 aliphatic carbocycles. The maximum Gasteiger partial charge on any atom is 0.269 e. The smallest absolute Gasteiger partial charge is 0.269 e. The van der Waals surface area contributed by atoms with Gasteiger partial charge in [0.2, 0.25) is 5.84 Å². The van der Waals surface area contributed by atoms with Crippen molar-refractivity contribution in [3.8, 4) is 5.75 Å². The molecule has 7 N–H and O–H groups in total. The molecule has 4 atom stereocenters. The molecule has 2 fully saturated rings. The van der Waals surface area contributed by atoms with Crippen LogP contribution in [0.4, 0.5) is 0 Å². The Hall–Kier alpha value is -4.12. The van der Waals surface area contributed by atoms with Crippen molar-refractivity contribution in [2.24, 2.45) is 10.7 Å². The van der Waals surface area contributed by atoms with Crippen molar-refractivity contribution in [2.75, 3.05) is 26.7 Å². The first kappa shape index (κ1) is 47.9. The van der Waals surface area contributed by atoms with Crippen LogP contribution in [-0.4, -0.2) is 83.8 Å². The summed E-state index contributed by atoms with van der Waals surface area (Å²) in [5, 5.41) is 20.6. The van der Waals surface area contributed by atoms with Gasteiger partial charge in [0.25, 0.3) is 11.8 Å². The lowest BCUT2D eigenvalue weighted by Gasteiger charge is -2.47. The van der Waals surface area contributed by atoms with Crippen LogP contribution in [0.2, 0.25) is 0 Å². The number of ether oxygens (including phenoxy) is 1. The van der Waals surface area contributed by atoms with Gasteiger partial charge in [0.05, 0.1) is 30.6 Å². The number of aliphatic hydroxyl groups is 1. The maximum atomic E-state index is 13.4. The summed E-state index contributed by atoms with van der Waals surface area (Å²) in [7, 11) is 1.55. The van der Waals surface area contributed by atoms with E-state index in [4.69, 9.17) is 10.5 Å². The van der Waals surface area contributed by atoms with Crippen LogP contribution in [0.25, 0.3) is 0 Å². The third-order valence-electron chi connectivity index (χ3n) is 9.06. The van der Waals surface area contributed by atoms with E-state index in [2.05, 4.69) is 72.0 Å². The van der Waals surface area contributed by atoms with Crippen molar-refractivity contribution in [3.05, 3.63) is 65.7 Å². The first-order valence-corrected chi connectivity index (χ1v) is 18.6. The summed E-state index contributed by atoms with van der Waals surface area (Å²) in [6.45, 7) is 27.6. The highest BCUT2D eigenvalue weighted by Gasteiger charge is 2.58. The number of rotatable bonds is 8. The second-order valence-electron chi connectivity index (χ2n) is 13.5. The number of carbonyl (C=O) groups excluding carboxylic acids is 2.